The third kappa shape index (κ3) is 2.39. The quantitative estimate of drug-likeness (QED) is 0.330. The van der Waals surface area contributed by atoms with E-state index in [1.54, 1.807) is 6.08 Å². The van der Waals surface area contributed by atoms with E-state index >= 15 is 0 Å². The van der Waals surface area contributed by atoms with Gasteiger partial charge in [0.1, 0.15) is 0 Å². The van der Waals surface area contributed by atoms with Crippen LogP contribution >= 0.6 is 0 Å². The molecule has 3 nitrogen and oxygen atoms in total. The first kappa shape index (κ1) is 7.75. The molecular formula is C8H10N2O. The van der Waals surface area contributed by atoms with Gasteiger partial charge in [0.15, 0.2) is 0 Å². The lowest BCUT2D eigenvalue weighted by Crippen LogP contribution is -2.13. The Morgan fingerprint density at radius 1 is 1.55 bits per heavy atom. The molecular weight excluding hydrogens is 140 g/mol. The number of nitrogens with zero attached hydrogens (tertiary/aromatic N) is 1. The van der Waals surface area contributed by atoms with E-state index in [-0.39, 0.29) is 6.04 Å². The van der Waals surface area contributed by atoms with Gasteiger partial charge >= 0.3 is 0 Å². The lowest BCUT2D eigenvalue weighted by Gasteiger charge is -1.96. The molecule has 0 saturated heterocycles. The van der Waals surface area contributed by atoms with Crippen molar-refractivity contribution in [3.05, 3.63) is 36.0 Å². The van der Waals surface area contributed by atoms with Gasteiger partial charge in [-0.25, -0.2) is 0 Å². The van der Waals surface area contributed by atoms with Crippen LogP contribution in [0.1, 0.15) is 0 Å². The Bertz CT molecular complexity index is 238. The van der Waals surface area contributed by atoms with E-state index < -0.39 is 0 Å². The molecule has 0 spiro atoms. The standard InChI is InChI=1S/C8H10N2O/c9-8-4-2-1-3-7(5-8)6-10-11/h1-6,8,11H,9H2/b10-6+. The number of nitrogens with two attached hydrogens (primary N) is 1. The van der Waals surface area contributed by atoms with Crippen LogP contribution in [0.4, 0.5) is 0 Å². The fourth-order valence-electron chi connectivity index (χ4n) is 0.845. The van der Waals surface area contributed by atoms with E-state index in [2.05, 4.69) is 5.16 Å². The molecule has 0 radical (unpaired) electrons. The fourth-order valence-corrected chi connectivity index (χ4v) is 0.845. The second kappa shape index (κ2) is 3.73. The van der Waals surface area contributed by atoms with Crippen molar-refractivity contribution in [1.82, 2.24) is 0 Å². The molecule has 11 heavy (non-hydrogen) atoms. The van der Waals surface area contributed by atoms with Gasteiger partial charge in [-0.1, -0.05) is 35.5 Å². The minimum absolute atomic E-state index is 0.0991. The van der Waals surface area contributed by atoms with Crippen LogP contribution in [0, 0.1) is 0 Å². The molecule has 0 aromatic heterocycles. The maximum Gasteiger partial charge on any atom is 0.0731 e. The van der Waals surface area contributed by atoms with Crippen molar-refractivity contribution in [2.45, 2.75) is 6.04 Å². The number of hydrogen-bond donors (Lipinski definition) is 2. The van der Waals surface area contributed by atoms with Crippen LogP contribution < -0.4 is 5.73 Å². The van der Waals surface area contributed by atoms with Gasteiger partial charge in [0.25, 0.3) is 0 Å². The molecule has 0 aromatic rings. The molecule has 1 aliphatic rings. The molecule has 1 aliphatic carbocycles. The molecule has 1 atom stereocenters. The Kier molecular flexibility index (Phi) is 2.63. The molecule has 0 heterocycles. The first-order valence-corrected chi connectivity index (χ1v) is 3.32. The van der Waals surface area contributed by atoms with Crippen molar-refractivity contribution in [2.75, 3.05) is 0 Å². The second-order valence-electron chi connectivity index (χ2n) is 2.23. The number of oxime groups is 1. The summed E-state index contributed by atoms with van der Waals surface area (Å²) in [5, 5.41) is 11.1. The second-order valence-corrected chi connectivity index (χ2v) is 2.23. The number of allylic oxidation sites excluding steroid dienone is 4. The van der Waals surface area contributed by atoms with Gasteiger partial charge in [-0.05, 0) is 5.57 Å². The molecule has 58 valence electrons. The zero-order valence-electron chi connectivity index (χ0n) is 6.01. The molecule has 0 saturated carbocycles. The van der Waals surface area contributed by atoms with Crippen molar-refractivity contribution in [3.63, 3.8) is 0 Å². The molecule has 0 aliphatic heterocycles. The molecule has 1 unspecified atom stereocenters. The topological polar surface area (TPSA) is 58.6 Å². The molecule has 3 N–H and O–H groups in total. The van der Waals surface area contributed by atoms with Gasteiger partial charge in [-0.3, -0.25) is 0 Å². The first-order chi connectivity index (χ1) is 5.33. The van der Waals surface area contributed by atoms with Gasteiger partial charge in [-0.15, -0.1) is 0 Å². The van der Waals surface area contributed by atoms with Crippen LogP contribution in [0.15, 0.2) is 41.1 Å². The van der Waals surface area contributed by atoms with E-state index in [1.165, 1.54) is 6.21 Å². The summed E-state index contributed by atoms with van der Waals surface area (Å²) >= 11 is 0. The van der Waals surface area contributed by atoms with E-state index in [0.717, 1.165) is 5.57 Å². The highest BCUT2D eigenvalue weighted by atomic mass is 16.4. The number of rotatable bonds is 1. The van der Waals surface area contributed by atoms with Crippen LogP contribution in [-0.4, -0.2) is 17.5 Å². The Hall–Kier alpha value is -1.35. The minimum Gasteiger partial charge on any atom is -0.411 e. The SMILES string of the molecule is NC1C=CC=CC(/C=N/O)=C1. The molecule has 0 amide bonds. The van der Waals surface area contributed by atoms with E-state index in [9.17, 15) is 0 Å². The Labute approximate surface area is 65.2 Å². The third-order valence-electron chi connectivity index (χ3n) is 1.32. The van der Waals surface area contributed by atoms with Gasteiger partial charge in [-0.2, -0.15) is 0 Å². The third-order valence-corrected chi connectivity index (χ3v) is 1.32. The molecule has 0 fully saturated rings. The summed E-state index contributed by atoms with van der Waals surface area (Å²) in [5.41, 5.74) is 6.42. The van der Waals surface area contributed by atoms with Crippen molar-refractivity contribution in [2.24, 2.45) is 10.9 Å². The zero-order valence-corrected chi connectivity index (χ0v) is 6.01. The average Bonchev–Trinajstić information content (AvgIpc) is 2.15. The van der Waals surface area contributed by atoms with E-state index in [0.29, 0.717) is 0 Å². The summed E-state index contributed by atoms with van der Waals surface area (Å²) in [6.45, 7) is 0. The van der Waals surface area contributed by atoms with Crippen molar-refractivity contribution in [1.29, 1.82) is 0 Å². The van der Waals surface area contributed by atoms with Gasteiger partial charge in [0, 0.05) is 6.04 Å². The molecule has 3 heteroatoms. The predicted molar refractivity (Wildman–Crippen MR) is 44.6 cm³/mol. The van der Waals surface area contributed by atoms with Crippen LogP contribution in [0.25, 0.3) is 0 Å². The van der Waals surface area contributed by atoms with Crippen molar-refractivity contribution >= 4 is 6.21 Å². The van der Waals surface area contributed by atoms with Crippen molar-refractivity contribution < 1.29 is 5.21 Å². The Morgan fingerprint density at radius 2 is 2.36 bits per heavy atom. The highest BCUT2D eigenvalue weighted by molar-refractivity contribution is 5.82. The summed E-state index contributed by atoms with van der Waals surface area (Å²) in [7, 11) is 0. The lowest BCUT2D eigenvalue weighted by molar-refractivity contribution is 0.322. The van der Waals surface area contributed by atoms with Crippen LogP contribution in [-0.2, 0) is 0 Å². The van der Waals surface area contributed by atoms with Crippen molar-refractivity contribution in [3.8, 4) is 0 Å². The average molecular weight is 150 g/mol. The maximum absolute atomic E-state index is 8.23. The largest absolute Gasteiger partial charge is 0.411 e. The van der Waals surface area contributed by atoms with Crippen LogP contribution in [0.3, 0.4) is 0 Å². The Balaban J connectivity index is 2.79. The van der Waals surface area contributed by atoms with E-state index in [1.807, 2.05) is 24.3 Å². The lowest BCUT2D eigenvalue weighted by atomic mass is 10.2. The summed E-state index contributed by atoms with van der Waals surface area (Å²) in [6.07, 6.45) is 10.5. The summed E-state index contributed by atoms with van der Waals surface area (Å²) < 4.78 is 0. The maximum atomic E-state index is 8.23. The normalized spacial score (nSPS) is 23.7. The van der Waals surface area contributed by atoms with Gasteiger partial charge in [0.2, 0.25) is 0 Å². The highest BCUT2D eigenvalue weighted by Crippen LogP contribution is 2.01. The summed E-state index contributed by atoms with van der Waals surface area (Å²) in [6, 6.07) is -0.0991. The van der Waals surface area contributed by atoms with Gasteiger partial charge < -0.3 is 10.9 Å². The fraction of sp³-hybridized carbons (Fsp3) is 0.125. The van der Waals surface area contributed by atoms with Crippen LogP contribution in [0.5, 0.6) is 0 Å². The molecule has 1 rings (SSSR count). The summed E-state index contributed by atoms with van der Waals surface area (Å²) in [4.78, 5) is 0. The smallest absolute Gasteiger partial charge is 0.0731 e. The van der Waals surface area contributed by atoms with E-state index in [4.69, 9.17) is 10.9 Å². The first-order valence-electron chi connectivity index (χ1n) is 3.32. The monoisotopic (exact) mass is 150 g/mol. The van der Waals surface area contributed by atoms with Gasteiger partial charge in [0.05, 0.1) is 6.21 Å². The highest BCUT2D eigenvalue weighted by Gasteiger charge is 1.95. The molecule has 0 aromatic carbocycles. The summed E-state index contributed by atoms with van der Waals surface area (Å²) in [5.74, 6) is 0. The minimum atomic E-state index is -0.0991. The van der Waals surface area contributed by atoms with Crippen LogP contribution in [0.2, 0.25) is 0 Å². The Morgan fingerprint density at radius 3 is 3.09 bits per heavy atom. The molecule has 0 bridgehead atoms. The number of hydrogen-bond acceptors (Lipinski definition) is 3. The predicted octanol–water partition coefficient (Wildman–Crippen LogP) is 0.826. The zero-order chi connectivity index (χ0) is 8.10.